The first-order valence-corrected chi connectivity index (χ1v) is 12.9. The Hall–Kier alpha value is -5.85. The third-order valence-corrected chi connectivity index (χ3v) is 6.70. The summed E-state index contributed by atoms with van der Waals surface area (Å²) in [4.78, 5) is 38.0. The molecule has 3 aromatic carbocycles. The van der Waals surface area contributed by atoms with Crippen LogP contribution < -0.4 is 0 Å². The monoisotopic (exact) mass is 650 g/mol. The van der Waals surface area contributed by atoms with E-state index in [1.807, 2.05) is 0 Å². The van der Waals surface area contributed by atoms with E-state index >= 15 is 0 Å². The van der Waals surface area contributed by atoms with Crippen LogP contribution in [0.25, 0.3) is 0 Å². The van der Waals surface area contributed by atoms with Crippen LogP contribution in [0.15, 0.2) is 36.4 Å². The number of ether oxygens (including phenoxy) is 4. The van der Waals surface area contributed by atoms with Crippen molar-refractivity contribution >= 4 is 17.9 Å². The van der Waals surface area contributed by atoms with E-state index in [9.17, 15) is 70.6 Å². The van der Waals surface area contributed by atoms with Crippen LogP contribution in [0.2, 0.25) is 0 Å². The lowest BCUT2D eigenvalue weighted by Crippen LogP contribution is -2.61. The van der Waals surface area contributed by atoms with Crippen molar-refractivity contribution in [1.82, 2.24) is 0 Å². The summed E-state index contributed by atoms with van der Waals surface area (Å²) < 4.78 is 21.0. The summed E-state index contributed by atoms with van der Waals surface area (Å²) in [7, 11) is 0. The molecule has 0 radical (unpaired) electrons. The Morgan fingerprint density at radius 2 is 0.848 bits per heavy atom. The third kappa shape index (κ3) is 6.78. The SMILES string of the molecule is O=C(OC[C@@H]1O[C@H](COC(=O)c2cc(O)c(O)c(O)c2)[C@@H](O)[C@H](O)[C@H]1OC(=O)c1cc(O)c(O)c(O)c1)c1cc(O)c(O)c(O)c1. The Labute approximate surface area is 256 Å². The Morgan fingerprint density at radius 3 is 1.22 bits per heavy atom. The maximum Gasteiger partial charge on any atom is 0.338 e. The number of hydrogen-bond acceptors (Lipinski definition) is 18. The number of hydrogen-bond donors (Lipinski definition) is 11. The number of rotatable bonds is 8. The Balaban J connectivity index is 1.55. The third-order valence-electron chi connectivity index (χ3n) is 6.70. The van der Waals surface area contributed by atoms with Gasteiger partial charge in [-0.25, -0.2) is 14.4 Å². The van der Waals surface area contributed by atoms with Gasteiger partial charge in [0.05, 0.1) is 16.7 Å². The molecule has 0 aromatic heterocycles. The van der Waals surface area contributed by atoms with Gasteiger partial charge in [0.25, 0.3) is 0 Å². The van der Waals surface area contributed by atoms with Crippen LogP contribution >= 0.6 is 0 Å². The predicted octanol–water partition coefficient (Wildman–Crippen LogP) is -0.234. The summed E-state index contributed by atoms with van der Waals surface area (Å²) in [6, 6.07) is 4.45. The molecule has 1 saturated heterocycles. The molecule has 1 aliphatic rings. The molecule has 1 heterocycles. The fourth-order valence-corrected chi connectivity index (χ4v) is 4.27. The average Bonchev–Trinajstić information content (AvgIpc) is 3.01. The lowest BCUT2D eigenvalue weighted by molar-refractivity contribution is -0.235. The molecule has 18 nitrogen and oxygen atoms in total. The van der Waals surface area contributed by atoms with Crippen LogP contribution in [0.3, 0.4) is 0 Å². The Bertz CT molecular complexity index is 1600. The summed E-state index contributed by atoms with van der Waals surface area (Å²) in [6.45, 7) is -1.68. The highest BCUT2D eigenvalue weighted by Gasteiger charge is 2.48. The number of aliphatic hydroxyl groups excluding tert-OH is 2. The van der Waals surface area contributed by atoms with Crippen molar-refractivity contribution in [3.05, 3.63) is 53.1 Å². The van der Waals surface area contributed by atoms with E-state index in [4.69, 9.17) is 18.9 Å². The minimum atomic E-state index is -2.03. The van der Waals surface area contributed by atoms with Gasteiger partial charge in [0.2, 0.25) is 0 Å². The van der Waals surface area contributed by atoms with E-state index < -0.39 is 130 Å². The second-order valence-electron chi connectivity index (χ2n) is 9.85. The summed E-state index contributed by atoms with van der Waals surface area (Å²) in [5.74, 6) is -11.8. The van der Waals surface area contributed by atoms with E-state index in [2.05, 4.69) is 0 Å². The van der Waals surface area contributed by atoms with Gasteiger partial charge >= 0.3 is 17.9 Å². The lowest BCUT2D eigenvalue weighted by atomic mass is 9.95. The number of phenolic OH excluding ortho intramolecular Hbond substituents is 9. The van der Waals surface area contributed by atoms with Gasteiger partial charge in [-0.2, -0.15) is 0 Å². The van der Waals surface area contributed by atoms with Crippen molar-refractivity contribution in [1.29, 1.82) is 0 Å². The minimum absolute atomic E-state index is 0.434. The van der Waals surface area contributed by atoms with E-state index in [1.165, 1.54) is 0 Å². The molecule has 3 aromatic rings. The quantitative estimate of drug-likeness (QED) is 0.0851. The van der Waals surface area contributed by atoms with Crippen LogP contribution in [-0.4, -0.2) is 118 Å². The highest BCUT2D eigenvalue weighted by molar-refractivity contribution is 5.92. The highest BCUT2D eigenvalue weighted by Crippen LogP contribution is 2.38. The molecule has 246 valence electrons. The highest BCUT2D eigenvalue weighted by atomic mass is 16.6. The van der Waals surface area contributed by atoms with Gasteiger partial charge in [0.15, 0.2) is 57.8 Å². The molecular weight excluding hydrogens is 624 g/mol. The number of esters is 3. The van der Waals surface area contributed by atoms with Crippen LogP contribution in [-0.2, 0) is 18.9 Å². The number of phenols is 9. The molecule has 0 aliphatic carbocycles. The molecule has 46 heavy (non-hydrogen) atoms. The molecule has 4 rings (SSSR count). The molecule has 1 fully saturated rings. The van der Waals surface area contributed by atoms with Gasteiger partial charge in [-0.1, -0.05) is 0 Å². The number of carbonyl (C=O) groups is 3. The molecule has 0 spiro atoms. The minimum Gasteiger partial charge on any atom is -0.504 e. The van der Waals surface area contributed by atoms with Gasteiger partial charge in [-0.05, 0) is 36.4 Å². The summed E-state index contributed by atoms with van der Waals surface area (Å²) >= 11 is 0. The molecule has 11 N–H and O–H groups in total. The van der Waals surface area contributed by atoms with E-state index in [1.54, 1.807) is 0 Å². The second kappa shape index (κ2) is 13.0. The zero-order chi connectivity index (χ0) is 34.0. The molecule has 0 unspecified atom stereocenters. The van der Waals surface area contributed by atoms with Crippen LogP contribution in [0, 0.1) is 0 Å². The Kier molecular flexibility index (Phi) is 9.36. The second-order valence-corrected chi connectivity index (χ2v) is 9.85. The number of carbonyl (C=O) groups excluding carboxylic acids is 3. The summed E-state index contributed by atoms with van der Waals surface area (Å²) in [5.41, 5.74) is -1.42. The van der Waals surface area contributed by atoms with Gasteiger partial charge in [0, 0.05) is 0 Å². The first-order valence-electron chi connectivity index (χ1n) is 12.9. The number of aliphatic hydroxyl groups is 2. The Morgan fingerprint density at radius 1 is 0.522 bits per heavy atom. The first-order chi connectivity index (χ1) is 21.6. The molecule has 0 saturated carbocycles. The predicted molar refractivity (Wildman–Crippen MR) is 145 cm³/mol. The maximum absolute atomic E-state index is 12.8. The van der Waals surface area contributed by atoms with E-state index in [-0.39, 0.29) is 0 Å². The topological polar surface area (TPSA) is 311 Å². The molecular formula is C28H26O18. The maximum atomic E-state index is 12.8. The van der Waals surface area contributed by atoms with Crippen molar-refractivity contribution < 1.29 is 89.5 Å². The number of benzene rings is 3. The fraction of sp³-hybridized carbons (Fsp3) is 0.250. The molecule has 1 aliphatic heterocycles. The molecule has 18 heteroatoms. The zero-order valence-corrected chi connectivity index (χ0v) is 23.0. The van der Waals surface area contributed by atoms with Crippen LogP contribution in [0.4, 0.5) is 0 Å². The van der Waals surface area contributed by atoms with Crippen molar-refractivity contribution in [2.24, 2.45) is 0 Å². The molecule has 5 atom stereocenters. The van der Waals surface area contributed by atoms with Crippen molar-refractivity contribution in [2.75, 3.05) is 13.2 Å². The fourth-order valence-electron chi connectivity index (χ4n) is 4.27. The largest absolute Gasteiger partial charge is 0.504 e. The van der Waals surface area contributed by atoms with Gasteiger partial charge < -0.3 is 75.1 Å². The standard InChI is InChI=1S/C28H26O18/c29-12-1-9(2-13(30)20(12)35)26(40)43-7-18-23(38)24(39)25(46-28(42)11-5-16(33)22(37)17(34)6-11)19(45-18)8-44-27(41)10-3-14(31)21(36)15(32)4-10/h1-6,18-19,23-25,29-39H,7-8H2/t18-,19+,23-,24+,25+/m1/s1. The summed E-state index contributed by atoms with van der Waals surface area (Å²) in [5, 5.41) is 108. The average molecular weight is 650 g/mol. The van der Waals surface area contributed by atoms with Gasteiger partial charge in [-0.3, -0.25) is 0 Å². The van der Waals surface area contributed by atoms with Crippen LogP contribution in [0.5, 0.6) is 51.7 Å². The number of aromatic hydroxyl groups is 9. The van der Waals surface area contributed by atoms with Crippen molar-refractivity contribution in [3.8, 4) is 51.7 Å². The summed E-state index contributed by atoms with van der Waals surface area (Å²) in [6.07, 6.45) is -9.08. The molecule has 0 bridgehead atoms. The zero-order valence-electron chi connectivity index (χ0n) is 23.0. The first kappa shape index (κ1) is 33.1. The molecule has 0 amide bonds. The van der Waals surface area contributed by atoms with Gasteiger partial charge in [0.1, 0.15) is 37.6 Å². The normalized spacial score (nSPS) is 20.9. The van der Waals surface area contributed by atoms with Gasteiger partial charge in [-0.15, -0.1) is 0 Å². The smallest absolute Gasteiger partial charge is 0.338 e. The van der Waals surface area contributed by atoms with Crippen LogP contribution in [0.1, 0.15) is 31.1 Å². The van der Waals surface area contributed by atoms with E-state index in [0.717, 1.165) is 24.3 Å². The lowest BCUT2D eigenvalue weighted by Gasteiger charge is -2.41. The van der Waals surface area contributed by atoms with Crippen molar-refractivity contribution in [2.45, 2.75) is 30.5 Å². The van der Waals surface area contributed by atoms with E-state index in [0.29, 0.717) is 12.1 Å². The van der Waals surface area contributed by atoms with Crippen molar-refractivity contribution in [3.63, 3.8) is 0 Å².